The number of nitrogens with two attached hydrogens (primary N) is 1. The molecular weight excluding hydrogens is 534 g/mol. The number of carbonyl (C=O) groups is 3. The van der Waals surface area contributed by atoms with Gasteiger partial charge in [0.1, 0.15) is 11.7 Å². The van der Waals surface area contributed by atoms with Crippen LogP contribution in [0.1, 0.15) is 53.4 Å². The average Bonchev–Trinajstić information content (AvgIpc) is 3.24. The number of fused-ring (bicyclic) bond motifs is 1. The van der Waals surface area contributed by atoms with Crippen molar-refractivity contribution in [3.8, 4) is 0 Å². The van der Waals surface area contributed by atoms with E-state index in [9.17, 15) is 14.4 Å². The molecule has 1 saturated heterocycles. The Hall–Kier alpha value is -3.77. The van der Waals surface area contributed by atoms with Crippen LogP contribution in [0.15, 0.2) is 24.4 Å². The first-order valence-electron chi connectivity index (χ1n) is 13.5. The number of piperidine rings is 1. The number of nitrogens with one attached hydrogen (secondary N) is 2. The number of aromatic nitrogens is 4. The van der Waals surface area contributed by atoms with Crippen LogP contribution in [0.5, 0.6) is 0 Å². The van der Waals surface area contributed by atoms with Crippen LogP contribution in [0.4, 0.5) is 5.82 Å². The van der Waals surface area contributed by atoms with Crippen molar-refractivity contribution in [2.45, 2.75) is 52.4 Å². The number of amides is 3. The first kappa shape index (κ1) is 29.2. The number of halogens is 1. The molecule has 12 nitrogen and oxygen atoms in total. The molecule has 4 rings (SSSR count). The number of carbonyl (C=O) groups excluding carboxylic acids is 3. The number of imidazole rings is 1. The van der Waals surface area contributed by atoms with E-state index in [-0.39, 0.29) is 41.1 Å². The Balaban J connectivity index is 1.50. The van der Waals surface area contributed by atoms with Crippen LogP contribution in [0.25, 0.3) is 11.0 Å². The van der Waals surface area contributed by atoms with Crippen molar-refractivity contribution in [1.82, 2.24) is 35.0 Å². The van der Waals surface area contributed by atoms with Crippen LogP contribution in [-0.4, -0.2) is 81.8 Å². The first-order valence-corrected chi connectivity index (χ1v) is 13.8. The second kappa shape index (κ2) is 12.6. The second-order valence-electron chi connectivity index (χ2n) is 10.1. The summed E-state index contributed by atoms with van der Waals surface area (Å²) in [4.78, 5) is 49.9. The number of benzene rings is 1. The van der Waals surface area contributed by atoms with E-state index in [1.165, 1.54) is 6.20 Å². The van der Waals surface area contributed by atoms with Crippen molar-refractivity contribution in [2.75, 3.05) is 39.5 Å². The fourth-order valence-electron chi connectivity index (χ4n) is 5.18. The molecule has 3 amide bonds. The lowest BCUT2D eigenvalue weighted by atomic mass is 10.0. The summed E-state index contributed by atoms with van der Waals surface area (Å²) in [5.41, 5.74) is 8.28. The van der Waals surface area contributed by atoms with Gasteiger partial charge in [0.25, 0.3) is 17.6 Å². The molecule has 40 heavy (non-hydrogen) atoms. The number of nitrogens with zero attached hydrogens (tertiary/aromatic N) is 6. The molecule has 0 aliphatic carbocycles. The zero-order valence-electron chi connectivity index (χ0n) is 23.4. The van der Waals surface area contributed by atoms with Gasteiger partial charge in [0.05, 0.1) is 25.8 Å². The van der Waals surface area contributed by atoms with Crippen molar-refractivity contribution in [2.24, 2.45) is 0 Å². The third-order valence-electron chi connectivity index (χ3n) is 7.06. The van der Waals surface area contributed by atoms with Gasteiger partial charge in [-0.05, 0) is 52.9 Å². The summed E-state index contributed by atoms with van der Waals surface area (Å²) in [6.45, 7) is 7.11. The molecule has 1 aliphatic heterocycles. The molecule has 0 atom stereocenters. The summed E-state index contributed by atoms with van der Waals surface area (Å²) < 4.78 is 4.21. The highest BCUT2D eigenvalue weighted by molar-refractivity contribution is 6.29. The number of hydrogen-bond donors (Lipinski definition) is 3. The summed E-state index contributed by atoms with van der Waals surface area (Å²) in [6.07, 6.45) is 2.73. The maximum Gasteiger partial charge on any atom is 0.277 e. The highest BCUT2D eigenvalue weighted by Crippen LogP contribution is 2.21. The van der Waals surface area contributed by atoms with Gasteiger partial charge in [0, 0.05) is 30.8 Å². The quantitative estimate of drug-likeness (QED) is 0.328. The molecule has 3 heterocycles. The highest BCUT2D eigenvalue weighted by Gasteiger charge is 2.28. The summed E-state index contributed by atoms with van der Waals surface area (Å²) in [6, 6.07) is 5.81. The van der Waals surface area contributed by atoms with Crippen molar-refractivity contribution in [3.05, 3.63) is 46.6 Å². The molecule has 0 saturated carbocycles. The van der Waals surface area contributed by atoms with Gasteiger partial charge in [-0.2, -0.15) is 0 Å². The monoisotopic (exact) mass is 570 g/mol. The molecule has 1 aliphatic rings. The van der Waals surface area contributed by atoms with E-state index in [1.54, 1.807) is 0 Å². The van der Waals surface area contributed by atoms with Gasteiger partial charge in [-0.3, -0.25) is 14.4 Å². The minimum Gasteiger partial charge on any atom is -0.382 e. The molecule has 214 valence electrons. The highest BCUT2D eigenvalue weighted by atomic mass is 35.5. The average molecular weight is 571 g/mol. The van der Waals surface area contributed by atoms with Gasteiger partial charge < -0.3 is 26.2 Å². The number of likely N-dealkylation sites (N-methyl/N-ethyl adjacent to an activating group) is 1. The van der Waals surface area contributed by atoms with E-state index in [0.29, 0.717) is 38.3 Å². The summed E-state index contributed by atoms with van der Waals surface area (Å²) >= 11 is 5.90. The lowest BCUT2D eigenvalue weighted by molar-refractivity contribution is -0.676. The lowest BCUT2D eigenvalue weighted by Crippen LogP contribution is -2.48. The molecule has 3 aromatic rings. The van der Waals surface area contributed by atoms with Crippen LogP contribution in [0.3, 0.4) is 0 Å². The topological polar surface area (TPSA) is 142 Å². The van der Waals surface area contributed by atoms with E-state index in [2.05, 4.69) is 29.7 Å². The standard InChI is InChI=1S/C27H36ClN9O3/c1-5-36-19-8-7-17(27(40)35-11-9-18(10-12-35)32-22(38)16-34(3)4)13-20(19)37(6-2)23(36)15-31-26(39)24-25(29)30-14-21(28)33-24/h7-8,13-14,18H,5-6,9-12,15-16H2,1-4H3,(H3-,29,30,31,32,38,39)/p+1. The number of aryl methyl sites for hydroxylation is 2. The molecule has 1 aromatic carbocycles. The van der Waals surface area contributed by atoms with Crippen LogP contribution >= 0.6 is 11.6 Å². The minimum absolute atomic E-state index is 0.000687. The van der Waals surface area contributed by atoms with Crippen molar-refractivity contribution >= 4 is 46.2 Å². The van der Waals surface area contributed by atoms with Crippen LogP contribution < -0.4 is 20.9 Å². The predicted octanol–water partition coefficient (Wildman–Crippen LogP) is 1.21. The van der Waals surface area contributed by atoms with E-state index in [0.717, 1.165) is 29.7 Å². The normalized spacial score (nSPS) is 14.1. The fraction of sp³-hybridized carbons (Fsp3) is 0.481. The third-order valence-corrected chi connectivity index (χ3v) is 7.24. The van der Waals surface area contributed by atoms with Gasteiger partial charge in [-0.1, -0.05) is 11.6 Å². The van der Waals surface area contributed by atoms with E-state index < -0.39 is 5.91 Å². The Morgan fingerprint density at radius 3 is 2.58 bits per heavy atom. The van der Waals surface area contributed by atoms with Gasteiger partial charge >= 0.3 is 0 Å². The predicted molar refractivity (Wildman–Crippen MR) is 152 cm³/mol. The Bertz CT molecular complexity index is 1410. The lowest BCUT2D eigenvalue weighted by Gasteiger charge is -2.32. The van der Waals surface area contributed by atoms with Gasteiger partial charge in [0.2, 0.25) is 5.91 Å². The van der Waals surface area contributed by atoms with Crippen LogP contribution in [0, 0.1) is 0 Å². The van der Waals surface area contributed by atoms with Crippen molar-refractivity contribution in [3.63, 3.8) is 0 Å². The summed E-state index contributed by atoms with van der Waals surface area (Å²) in [5.74, 6) is 0.378. The molecule has 1 fully saturated rings. The smallest absolute Gasteiger partial charge is 0.277 e. The Morgan fingerprint density at radius 1 is 1.20 bits per heavy atom. The molecule has 0 radical (unpaired) electrons. The number of nitrogen functional groups attached to an aromatic ring is 1. The number of likely N-dealkylation sites (tertiary alicyclic amines) is 1. The van der Waals surface area contributed by atoms with Gasteiger partial charge in [-0.25, -0.2) is 19.1 Å². The molecule has 0 unspecified atom stereocenters. The van der Waals surface area contributed by atoms with E-state index in [4.69, 9.17) is 17.3 Å². The molecule has 4 N–H and O–H groups in total. The Labute approximate surface area is 238 Å². The van der Waals surface area contributed by atoms with Crippen LogP contribution in [-0.2, 0) is 24.4 Å². The van der Waals surface area contributed by atoms with Crippen molar-refractivity contribution < 1.29 is 19.0 Å². The fourth-order valence-corrected chi connectivity index (χ4v) is 5.31. The largest absolute Gasteiger partial charge is 0.382 e. The Kier molecular flexibility index (Phi) is 9.21. The molecule has 0 spiro atoms. The van der Waals surface area contributed by atoms with Gasteiger partial charge in [0.15, 0.2) is 22.5 Å². The molecular formula is C27H37ClN9O3+. The Morgan fingerprint density at radius 2 is 1.93 bits per heavy atom. The maximum absolute atomic E-state index is 13.4. The summed E-state index contributed by atoms with van der Waals surface area (Å²) in [5, 5.41) is 6.03. The van der Waals surface area contributed by atoms with E-state index in [1.807, 2.05) is 55.9 Å². The molecule has 2 aromatic heterocycles. The van der Waals surface area contributed by atoms with Crippen LogP contribution in [0.2, 0.25) is 5.15 Å². The minimum atomic E-state index is -0.472. The summed E-state index contributed by atoms with van der Waals surface area (Å²) in [7, 11) is 3.72. The van der Waals surface area contributed by atoms with Gasteiger partial charge in [-0.15, -0.1) is 0 Å². The zero-order valence-corrected chi connectivity index (χ0v) is 24.2. The van der Waals surface area contributed by atoms with E-state index >= 15 is 0 Å². The molecule has 0 bridgehead atoms. The third kappa shape index (κ3) is 6.34. The maximum atomic E-state index is 13.4. The number of hydrogen-bond acceptors (Lipinski definition) is 7. The SMILES string of the molecule is CCn1c(CNC(=O)c2nc(Cl)cnc2N)[n+](CC)c2ccc(C(=O)N3CCC(NC(=O)CN(C)C)CC3)cc21. The number of rotatable bonds is 9. The van der Waals surface area contributed by atoms with Crippen molar-refractivity contribution in [1.29, 1.82) is 0 Å². The second-order valence-corrected chi connectivity index (χ2v) is 10.5. The zero-order chi connectivity index (χ0) is 29.0. The molecule has 13 heteroatoms. The number of anilines is 1. The first-order chi connectivity index (χ1) is 19.1.